The number of hydrogen-bond acceptors (Lipinski definition) is 5. The molecule has 0 aliphatic heterocycles. The van der Waals surface area contributed by atoms with Gasteiger partial charge < -0.3 is 15.4 Å². The molecule has 0 saturated heterocycles. The normalized spacial score (nSPS) is 27.2. The number of methoxy groups -OCH3 is 1. The molecular formula is C15H25N3O2S. The van der Waals surface area contributed by atoms with Crippen molar-refractivity contribution in [2.75, 3.05) is 20.7 Å². The fraction of sp³-hybridized carbons (Fsp3) is 0.733. The van der Waals surface area contributed by atoms with E-state index in [1.807, 2.05) is 17.3 Å². The SMILES string of the molecule is COC1(C)CC(N(C)C(=O)c2csc(CCN)n2)C1(C)C. The molecule has 1 aromatic heterocycles. The van der Waals surface area contributed by atoms with Gasteiger partial charge in [-0.25, -0.2) is 4.98 Å². The monoisotopic (exact) mass is 311 g/mol. The van der Waals surface area contributed by atoms with Crippen molar-refractivity contribution in [2.24, 2.45) is 11.1 Å². The summed E-state index contributed by atoms with van der Waals surface area (Å²) in [5, 5.41) is 2.74. The third-order valence-corrected chi connectivity index (χ3v) is 6.05. The largest absolute Gasteiger partial charge is 0.378 e. The Bertz CT molecular complexity index is 529. The average Bonchev–Trinajstić information content (AvgIpc) is 2.91. The Morgan fingerprint density at radius 2 is 2.24 bits per heavy atom. The van der Waals surface area contributed by atoms with E-state index < -0.39 is 0 Å². The van der Waals surface area contributed by atoms with E-state index in [2.05, 4.69) is 25.8 Å². The fourth-order valence-electron chi connectivity index (χ4n) is 3.05. The molecule has 2 N–H and O–H groups in total. The van der Waals surface area contributed by atoms with E-state index in [0.717, 1.165) is 17.8 Å². The van der Waals surface area contributed by atoms with Crippen molar-refractivity contribution in [1.29, 1.82) is 0 Å². The van der Waals surface area contributed by atoms with Gasteiger partial charge in [-0.05, 0) is 19.9 Å². The predicted molar refractivity (Wildman–Crippen MR) is 84.6 cm³/mol. The van der Waals surface area contributed by atoms with Gasteiger partial charge in [0.05, 0.1) is 10.6 Å². The van der Waals surface area contributed by atoms with Crippen LogP contribution >= 0.6 is 11.3 Å². The Morgan fingerprint density at radius 3 is 2.76 bits per heavy atom. The molecule has 0 aromatic carbocycles. The minimum absolute atomic E-state index is 0.0225. The van der Waals surface area contributed by atoms with Crippen LogP contribution in [0.4, 0.5) is 0 Å². The first-order valence-corrected chi connectivity index (χ1v) is 8.11. The summed E-state index contributed by atoms with van der Waals surface area (Å²) in [6, 6.07) is 0.162. The van der Waals surface area contributed by atoms with Gasteiger partial charge in [-0.15, -0.1) is 11.3 Å². The van der Waals surface area contributed by atoms with Gasteiger partial charge in [0.1, 0.15) is 5.69 Å². The first-order chi connectivity index (χ1) is 9.76. The number of carbonyl (C=O) groups excluding carboxylic acids is 1. The Balaban J connectivity index is 2.10. The third-order valence-electron chi connectivity index (χ3n) is 5.15. The minimum atomic E-state index is -0.182. The standard InChI is InChI=1S/C15H25N3O2S/c1-14(2)11(8-15(14,3)20-5)18(4)13(19)10-9-21-12(17-10)6-7-16/h9,11H,6-8,16H2,1-5H3. The molecule has 1 heterocycles. The molecule has 118 valence electrons. The molecule has 0 spiro atoms. The van der Waals surface area contributed by atoms with Crippen molar-refractivity contribution in [3.8, 4) is 0 Å². The topological polar surface area (TPSA) is 68.5 Å². The maximum Gasteiger partial charge on any atom is 0.273 e. The van der Waals surface area contributed by atoms with E-state index in [1.165, 1.54) is 11.3 Å². The second-order valence-electron chi connectivity index (χ2n) is 6.46. The first kappa shape index (κ1) is 16.4. The molecule has 21 heavy (non-hydrogen) atoms. The van der Waals surface area contributed by atoms with Crippen LogP contribution in [0.1, 0.15) is 42.7 Å². The molecule has 1 amide bonds. The first-order valence-electron chi connectivity index (χ1n) is 7.23. The number of hydrogen-bond donors (Lipinski definition) is 1. The van der Waals surface area contributed by atoms with E-state index >= 15 is 0 Å². The van der Waals surface area contributed by atoms with Crippen molar-refractivity contribution < 1.29 is 9.53 Å². The summed E-state index contributed by atoms with van der Waals surface area (Å²) >= 11 is 1.50. The highest BCUT2D eigenvalue weighted by Crippen LogP contribution is 2.53. The van der Waals surface area contributed by atoms with Crippen molar-refractivity contribution >= 4 is 17.2 Å². The minimum Gasteiger partial charge on any atom is -0.378 e. The van der Waals surface area contributed by atoms with E-state index in [1.54, 1.807) is 7.11 Å². The number of nitrogens with zero attached hydrogens (tertiary/aromatic N) is 2. The number of nitrogens with two attached hydrogens (primary N) is 1. The van der Waals surface area contributed by atoms with Gasteiger partial charge in [-0.2, -0.15) is 0 Å². The molecule has 1 aliphatic carbocycles. The Labute approximate surface area is 130 Å². The van der Waals surface area contributed by atoms with Crippen molar-refractivity contribution in [3.05, 3.63) is 16.1 Å². The summed E-state index contributed by atoms with van der Waals surface area (Å²) in [7, 11) is 3.59. The van der Waals surface area contributed by atoms with Crippen LogP contribution < -0.4 is 5.73 Å². The van der Waals surface area contributed by atoms with Crippen LogP contribution in [0.3, 0.4) is 0 Å². The van der Waals surface area contributed by atoms with E-state index in [-0.39, 0.29) is 23.0 Å². The maximum absolute atomic E-state index is 12.6. The Morgan fingerprint density at radius 1 is 1.57 bits per heavy atom. The van der Waals surface area contributed by atoms with Crippen LogP contribution in [0, 0.1) is 5.41 Å². The molecule has 1 aromatic rings. The lowest BCUT2D eigenvalue weighted by atomic mass is 9.55. The highest BCUT2D eigenvalue weighted by atomic mass is 32.1. The van der Waals surface area contributed by atoms with Crippen molar-refractivity contribution in [2.45, 2.75) is 45.3 Å². The van der Waals surface area contributed by atoms with Gasteiger partial charge in [0.25, 0.3) is 5.91 Å². The smallest absolute Gasteiger partial charge is 0.273 e. The zero-order chi connectivity index (χ0) is 15.8. The van der Waals surface area contributed by atoms with E-state index in [9.17, 15) is 4.79 Å². The summed E-state index contributed by atoms with van der Waals surface area (Å²) < 4.78 is 5.63. The number of ether oxygens (including phenoxy) is 1. The number of aromatic nitrogens is 1. The molecule has 0 radical (unpaired) electrons. The number of carbonyl (C=O) groups is 1. The van der Waals surface area contributed by atoms with Crippen LogP contribution in [0.25, 0.3) is 0 Å². The zero-order valence-electron chi connectivity index (χ0n) is 13.5. The van der Waals surface area contributed by atoms with Crippen molar-refractivity contribution in [3.63, 3.8) is 0 Å². The highest BCUT2D eigenvalue weighted by Gasteiger charge is 2.59. The molecule has 2 atom stereocenters. The number of rotatable bonds is 5. The highest BCUT2D eigenvalue weighted by molar-refractivity contribution is 7.09. The fourth-order valence-corrected chi connectivity index (χ4v) is 3.83. The summed E-state index contributed by atoms with van der Waals surface area (Å²) in [6.07, 6.45) is 1.57. The summed E-state index contributed by atoms with van der Waals surface area (Å²) in [5.74, 6) is -0.0225. The third kappa shape index (κ3) is 2.60. The van der Waals surface area contributed by atoms with Crippen LogP contribution in [-0.4, -0.2) is 48.1 Å². The van der Waals surface area contributed by atoms with Crippen LogP contribution in [-0.2, 0) is 11.2 Å². The van der Waals surface area contributed by atoms with Crippen LogP contribution in [0.2, 0.25) is 0 Å². The van der Waals surface area contributed by atoms with Gasteiger partial charge in [0.2, 0.25) is 0 Å². The van der Waals surface area contributed by atoms with Gasteiger partial charge >= 0.3 is 0 Å². The zero-order valence-corrected chi connectivity index (χ0v) is 14.3. The van der Waals surface area contributed by atoms with Gasteiger partial charge in [-0.3, -0.25) is 4.79 Å². The molecule has 0 bridgehead atoms. The van der Waals surface area contributed by atoms with E-state index in [4.69, 9.17) is 10.5 Å². The van der Waals surface area contributed by atoms with Gasteiger partial charge in [0.15, 0.2) is 0 Å². The quantitative estimate of drug-likeness (QED) is 0.902. The summed E-state index contributed by atoms with van der Waals surface area (Å²) in [4.78, 5) is 18.8. The second kappa shape index (κ2) is 5.66. The molecule has 1 fully saturated rings. The predicted octanol–water partition coefficient (Wildman–Crippen LogP) is 1.92. The molecular weight excluding hydrogens is 286 g/mol. The molecule has 2 rings (SSSR count). The van der Waals surface area contributed by atoms with Crippen LogP contribution in [0.15, 0.2) is 5.38 Å². The van der Waals surface area contributed by atoms with Gasteiger partial charge in [0, 0.05) is 37.4 Å². The molecule has 5 nitrogen and oxygen atoms in total. The molecule has 2 unspecified atom stereocenters. The Hall–Kier alpha value is -0.980. The molecule has 1 saturated carbocycles. The lowest BCUT2D eigenvalue weighted by Crippen LogP contribution is -2.68. The molecule has 1 aliphatic rings. The summed E-state index contributed by atoms with van der Waals surface area (Å²) in [5.41, 5.74) is 5.78. The van der Waals surface area contributed by atoms with Gasteiger partial charge in [-0.1, -0.05) is 13.8 Å². The lowest BCUT2D eigenvalue weighted by Gasteiger charge is -2.61. The van der Waals surface area contributed by atoms with E-state index in [0.29, 0.717) is 12.2 Å². The summed E-state index contributed by atoms with van der Waals surface area (Å²) in [6.45, 7) is 6.95. The number of thiazole rings is 1. The average molecular weight is 311 g/mol. The van der Waals surface area contributed by atoms with Crippen LogP contribution in [0.5, 0.6) is 0 Å². The Kier molecular flexibility index (Phi) is 4.42. The number of amides is 1. The molecule has 6 heteroatoms. The maximum atomic E-state index is 12.6. The lowest BCUT2D eigenvalue weighted by molar-refractivity contribution is -0.198. The second-order valence-corrected chi connectivity index (χ2v) is 7.40. The van der Waals surface area contributed by atoms with Crippen molar-refractivity contribution in [1.82, 2.24) is 9.88 Å².